The van der Waals surface area contributed by atoms with Crippen LogP contribution in [0.4, 0.5) is 0 Å². The molecular weight excluding hydrogens is 282 g/mol. The number of rotatable bonds is 3. The maximum Gasteiger partial charge on any atom is 0.255 e. The Kier molecular flexibility index (Phi) is 4.38. The van der Waals surface area contributed by atoms with Gasteiger partial charge in [0, 0.05) is 11.6 Å². The first-order valence-corrected chi connectivity index (χ1v) is 6.44. The van der Waals surface area contributed by atoms with Crippen molar-refractivity contribution in [1.29, 1.82) is 0 Å². The van der Waals surface area contributed by atoms with Gasteiger partial charge in [0.15, 0.2) is 6.10 Å². The van der Waals surface area contributed by atoms with Crippen LogP contribution in [0.15, 0.2) is 18.2 Å². The number of nitrogens with one attached hydrogen (secondary N) is 1. The van der Waals surface area contributed by atoms with E-state index in [4.69, 9.17) is 4.74 Å². The summed E-state index contributed by atoms with van der Waals surface area (Å²) in [5, 5.41) is 60.7. The molecule has 0 saturated carbocycles. The number of aromatic hydroxyl groups is 2. The molecule has 5 atom stereocenters. The van der Waals surface area contributed by atoms with Crippen LogP contribution in [0.2, 0.25) is 0 Å². The van der Waals surface area contributed by atoms with Crippen molar-refractivity contribution < 1.29 is 35.4 Å². The Bertz CT molecular complexity index is 511. The third-order valence-electron chi connectivity index (χ3n) is 3.49. The van der Waals surface area contributed by atoms with Crippen molar-refractivity contribution in [3.63, 3.8) is 0 Å². The maximum absolute atomic E-state index is 10.2. The highest BCUT2D eigenvalue weighted by molar-refractivity contribution is 5.40. The molecule has 8 heteroatoms. The van der Waals surface area contributed by atoms with Gasteiger partial charge in [-0.1, -0.05) is 0 Å². The summed E-state index contributed by atoms with van der Waals surface area (Å²) < 4.78 is 4.96. The van der Waals surface area contributed by atoms with E-state index in [0.717, 1.165) is 0 Å². The minimum Gasteiger partial charge on any atom is -0.508 e. The van der Waals surface area contributed by atoms with E-state index in [9.17, 15) is 30.6 Å². The van der Waals surface area contributed by atoms with E-state index < -0.39 is 30.3 Å². The molecular formula is C13H19NO7. The van der Waals surface area contributed by atoms with Gasteiger partial charge >= 0.3 is 0 Å². The highest BCUT2D eigenvalue weighted by Crippen LogP contribution is 2.31. The Hall–Kier alpha value is -1.42. The van der Waals surface area contributed by atoms with Gasteiger partial charge in [-0.15, -0.1) is 0 Å². The van der Waals surface area contributed by atoms with Gasteiger partial charge in [-0.05, 0) is 25.1 Å². The molecule has 0 aliphatic carbocycles. The van der Waals surface area contributed by atoms with Crippen molar-refractivity contribution in [2.24, 2.45) is 0 Å². The normalized spacial score (nSPS) is 34.6. The predicted octanol–water partition coefficient (Wildman–Crippen LogP) is -1.49. The highest BCUT2D eigenvalue weighted by atomic mass is 16.7. The zero-order valence-electron chi connectivity index (χ0n) is 11.3. The molecule has 0 bridgehead atoms. The van der Waals surface area contributed by atoms with Crippen LogP contribution in [-0.4, -0.2) is 61.5 Å². The lowest BCUT2D eigenvalue weighted by Gasteiger charge is -2.43. The Balaban J connectivity index is 2.18. The van der Waals surface area contributed by atoms with E-state index >= 15 is 0 Å². The number of hydrogen-bond donors (Lipinski definition) is 7. The highest BCUT2D eigenvalue weighted by Gasteiger charge is 2.49. The largest absolute Gasteiger partial charge is 0.508 e. The molecule has 0 radical (unpaired) electrons. The average molecular weight is 301 g/mol. The van der Waals surface area contributed by atoms with E-state index in [1.54, 1.807) is 6.92 Å². The minimum absolute atomic E-state index is 0.0796. The number of phenolic OH excluding ortho intramolecular Hbond substituents is 2. The zero-order chi connectivity index (χ0) is 15.8. The van der Waals surface area contributed by atoms with Gasteiger partial charge in [0.05, 0.1) is 6.61 Å². The molecule has 118 valence electrons. The Morgan fingerprint density at radius 2 is 1.95 bits per heavy atom. The molecule has 21 heavy (non-hydrogen) atoms. The molecule has 8 nitrogen and oxygen atoms in total. The quantitative estimate of drug-likeness (QED) is 0.264. The molecule has 0 aromatic heterocycles. The summed E-state index contributed by atoms with van der Waals surface area (Å²) in [4.78, 5) is 0. The second kappa shape index (κ2) is 5.76. The summed E-state index contributed by atoms with van der Waals surface area (Å²) in [5.74, 6) is -2.50. The van der Waals surface area contributed by atoms with Crippen molar-refractivity contribution in [2.75, 3.05) is 6.61 Å². The summed E-state index contributed by atoms with van der Waals surface area (Å²) in [7, 11) is 0. The predicted molar refractivity (Wildman–Crippen MR) is 70.2 cm³/mol. The lowest BCUT2D eigenvalue weighted by molar-refractivity contribution is -0.337. The third-order valence-corrected chi connectivity index (χ3v) is 3.49. The Morgan fingerprint density at radius 3 is 2.62 bits per heavy atom. The van der Waals surface area contributed by atoms with Crippen LogP contribution >= 0.6 is 0 Å². The van der Waals surface area contributed by atoms with E-state index in [-0.39, 0.29) is 23.7 Å². The standard InChI is InChI=1S/C13H19NO7/c1-6(8-4-7(15)2-3-9(8)16)14-13(20)12(19)11(18)10(17)5-21-13/h2-4,6,10-12,14-20H,5H2,1H3/t6?,10-,11+,12-,13?/m1/s1. The van der Waals surface area contributed by atoms with Crippen molar-refractivity contribution in [3.8, 4) is 11.5 Å². The van der Waals surface area contributed by atoms with E-state index in [1.807, 2.05) is 0 Å². The molecule has 2 unspecified atom stereocenters. The first kappa shape index (κ1) is 16.0. The van der Waals surface area contributed by atoms with Gasteiger partial charge in [-0.3, -0.25) is 5.32 Å². The summed E-state index contributed by atoms with van der Waals surface area (Å²) in [6.07, 6.45) is -4.68. The fourth-order valence-electron chi connectivity index (χ4n) is 2.24. The molecule has 1 fully saturated rings. The molecule has 7 N–H and O–H groups in total. The van der Waals surface area contributed by atoms with Crippen LogP contribution < -0.4 is 5.32 Å². The van der Waals surface area contributed by atoms with Gasteiger partial charge in [0.2, 0.25) is 0 Å². The molecule has 1 aliphatic heterocycles. The van der Waals surface area contributed by atoms with Gasteiger partial charge in [-0.25, -0.2) is 0 Å². The maximum atomic E-state index is 10.2. The molecule has 1 aromatic rings. The van der Waals surface area contributed by atoms with Gasteiger partial charge in [-0.2, -0.15) is 0 Å². The first-order chi connectivity index (χ1) is 9.74. The van der Waals surface area contributed by atoms with Crippen molar-refractivity contribution in [3.05, 3.63) is 23.8 Å². The number of hydrogen-bond acceptors (Lipinski definition) is 8. The van der Waals surface area contributed by atoms with E-state index in [0.29, 0.717) is 0 Å². The number of phenols is 2. The molecule has 2 rings (SSSR count). The molecule has 1 aliphatic rings. The van der Waals surface area contributed by atoms with Crippen molar-refractivity contribution in [1.82, 2.24) is 5.32 Å². The van der Waals surface area contributed by atoms with Crippen LogP contribution in [0.5, 0.6) is 11.5 Å². The topological polar surface area (TPSA) is 143 Å². The first-order valence-electron chi connectivity index (χ1n) is 6.44. The molecule has 0 amide bonds. The summed E-state index contributed by atoms with van der Waals surface area (Å²) >= 11 is 0. The average Bonchev–Trinajstić information content (AvgIpc) is 2.44. The number of ether oxygens (including phenoxy) is 1. The minimum atomic E-state index is -2.30. The summed E-state index contributed by atoms with van der Waals surface area (Å²) in [6.45, 7) is 1.18. The van der Waals surface area contributed by atoms with Crippen LogP contribution in [-0.2, 0) is 4.74 Å². The molecule has 0 spiro atoms. The lowest BCUT2D eigenvalue weighted by atomic mass is 10.00. The second-order valence-corrected chi connectivity index (χ2v) is 5.12. The van der Waals surface area contributed by atoms with Gasteiger partial charge in [0.1, 0.15) is 23.7 Å². The smallest absolute Gasteiger partial charge is 0.255 e. The van der Waals surface area contributed by atoms with Gasteiger partial charge < -0.3 is 35.4 Å². The summed E-state index contributed by atoms with van der Waals surface area (Å²) in [5.41, 5.74) is 0.264. The molecule has 1 saturated heterocycles. The zero-order valence-corrected chi connectivity index (χ0v) is 11.3. The van der Waals surface area contributed by atoms with Crippen LogP contribution in [0.1, 0.15) is 18.5 Å². The number of aliphatic hydroxyl groups excluding tert-OH is 3. The Labute approximate surface area is 120 Å². The van der Waals surface area contributed by atoms with E-state index in [1.165, 1.54) is 18.2 Å². The number of aliphatic hydroxyl groups is 4. The monoisotopic (exact) mass is 301 g/mol. The van der Waals surface area contributed by atoms with Crippen molar-refractivity contribution in [2.45, 2.75) is 37.2 Å². The SMILES string of the molecule is CC(NC1(O)OC[C@@H](O)[C@H](O)[C@H]1O)c1cc(O)ccc1O. The third kappa shape index (κ3) is 3.10. The van der Waals surface area contributed by atoms with Crippen LogP contribution in [0.25, 0.3) is 0 Å². The Morgan fingerprint density at radius 1 is 1.29 bits per heavy atom. The van der Waals surface area contributed by atoms with E-state index in [2.05, 4.69) is 5.32 Å². The molecule has 1 heterocycles. The number of benzene rings is 1. The molecule has 1 aromatic carbocycles. The fraction of sp³-hybridized carbons (Fsp3) is 0.538. The second-order valence-electron chi connectivity index (χ2n) is 5.12. The van der Waals surface area contributed by atoms with Crippen LogP contribution in [0, 0.1) is 0 Å². The van der Waals surface area contributed by atoms with Gasteiger partial charge in [0.25, 0.3) is 5.91 Å². The fourth-order valence-corrected chi connectivity index (χ4v) is 2.24. The van der Waals surface area contributed by atoms with Crippen molar-refractivity contribution >= 4 is 0 Å². The summed E-state index contributed by atoms with van der Waals surface area (Å²) in [6, 6.07) is 3.14. The lowest BCUT2D eigenvalue weighted by Crippen LogP contribution is -2.67. The van der Waals surface area contributed by atoms with Crippen LogP contribution in [0.3, 0.4) is 0 Å².